The summed E-state index contributed by atoms with van der Waals surface area (Å²) in [5.41, 5.74) is 1.24. The van der Waals surface area contributed by atoms with Gasteiger partial charge >= 0.3 is 12.2 Å². The van der Waals surface area contributed by atoms with E-state index in [0.29, 0.717) is 41.9 Å². The van der Waals surface area contributed by atoms with Crippen LogP contribution in [0.4, 0.5) is 35.0 Å². The summed E-state index contributed by atoms with van der Waals surface area (Å²) in [6.45, 7) is 6.02. The third-order valence-corrected chi connectivity index (χ3v) is 6.18. The molecule has 9 nitrogen and oxygen atoms in total. The number of hydrogen-bond donors (Lipinski definition) is 1. The van der Waals surface area contributed by atoms with E-state index >= 15 is 0 Å². The molecule has 0 atom stereocenters. The van der Waals surface area contributed by atoms with Crippen LogP contribution in [0.2, 0.25) is 0 Å². The lowest BCUT2D eigenvalue weighted by atomic mass is 10.1. The summed E-state index contributed by atoms with van der Waals surface area (Å²) in [7, 11) is 3.77. The number of rotatable bonds is 4. The van der Waals surface area contributed by atoms with Crippen molar-refractivity contribution in [2.24, 2.45) is 7.05 Å². The van der Waals surface area contributed by atoms with Crippen LogP contribution in [0.5, 0.6) is 0 Å². The first-order chi connectivity index (χ1) is 16.5. The van der Waals surface area contributed by atoms with Gasteiger partial charge in [0, 0.05) is 38.9 Å². The molecule has 0 radical (unpaired) electrons. The SMILES string of the molecule is Cc1ccc(NC(=O)N(C=O)c2cnc3c(c(C)nn3C)c2N2CCN(C)CC2)cc1C(F)(F)F.Cl. The van der Waals surface area contributed by atoms with Gasteiger partial charge in [0.15, 0.2) is 5.65 Å². The van der Waals surface area contributed by atoms with Gasteiger partial charge in [-0.15, -0.1) is 12.4 Å². The van der Waals surface area contributed by atoms with Crippen LogP contribution in [0.1, 0.15) is 16.8 Å². The molecular weight excluding hydrogens is 499 g/mol. The number of nitrogens with zero attached hydrogens (tertiary/aromatic N) is 6. The van der Waals surface area contributed by atoms with E-state index in [4.69, 9.17) is 0 Å². The molecule has 36 heavy (non-hydrogen) atoms. The van der Waals surface area contributed by atoms with Gasteiger partial charge < -0.3 is 15.1 Å². The van der Waals surface area contributed by atoms with Gasteiger partial charge in [0.05, 0.1) is 34.2 Å². The molecule has 0 bridgehead atoms. The number of carbonyl (C=O) groups is 2. The Balaban J connectivity index is 0.00000361. The number of aromatic nitrogens is 3. The number of pyridine rings is 1. The molecular formula is C23H27ClF3N7O2. The number of halogens is 4. The molecule has 2 aromatic heterocycles. The van der Waals surface area contributed by atoms with E-state index in [-0.39, 0.29) is 29.3 Å². The molecule has 13 heteroatoms. The van der Waals surface area contributed by atoms with Gasteiger partial charge in [-0.25, -0.2) is 14.7 Å². The zero-order valence-corrected chi connectivity index (χ0v) is 21.1. The van der Waals surface area contributed by atoms with Crippen molar-refractivity contribution < 1.29 is 22.8 Å². The van der Waals surface area contributed by atoms with Gasteiger partial charge in [-0.1, -0.05) is 6.07 Å². The predicted octanol–water partition coefficient (Wildman–Crippen LogP) is 3.97. The van der Waals surface area contributed by atoms with Crippen LogP contribution in [-0.2, 0) is 18.0 Å². The lowest BCUT2D eigenvalue weighted by Gasteiger charge is -2.36. The molecule has 1 saturated heterocycles. The molecule has 194 valence electrons. The van der Waals surface area contributed by atoms with Crippen LogP contribution in [0.3, 0.4) is 0 Å². The number of imide groups is 1. The smallest absolute Gasteiger partial charge is 0.367 e. The maximum atomic E-state index is 13.3. The van der Waals surface area contributed by atoms with Crippen LogP contribution in [0.25, 0.3) is 11.0 Å². The molecule has 1 N–H and O–H groups in total. The zero-order valence-electron chi connectivity index (χ0n) is 20.3. The molecule has 4 rings (SSSR count). The van der Waals surface area contributed by atoms with Crippen molar-refractivity contribution in [1.29, 1.82) is 0 Å². The van der Waals surface area contributed by atoms with Crippen LogP contribution in [0, 0.1) is 13.8 Å². The summed E-state index contributed by atoms with van der Waals surface area (Å²) in [6.07, 6.45) is -2.82. The Morgan fingerprint density at radius 1 is 1.14 bits per heavy atom. The van der Waals surface area contributed by atoms with E-state index in [1.807, 2.05) is 14.0 Å². The molecule has 3 heterocycles. The molecule has 1 aliphatic rings. The standard InChI is InChI=1S/C23H26F3N7O2.ClH/c1-14-5-6-16(11-17(14)23(24,25)26)28-22(35)33(13-34)18-12-27-21-19(15(2)29-31(21)4)20(18)32-9-7-30(3)8-10-32;/h5-6,11-13H,7-10H2,1-4H3,(H,28,35);1H. The summed E-state index contributed by atoms with van der Waals surface area (Å²) in [5, 5.41) is 7.57. The number of aryl methyl sites for hydroxylation is 3. The van der Waals surface area contributed by atoms with E-state index in [1.54, 1.807) is 11.7 Å². The summed E-state index contributed by atoms with van der Waals surface area (Å²) < 4.78 is 41.6. The Bertz CT molecular complexity index is 1290. The Labute approximate surface area is 212 Å². The summed E-state index contributed by atoms with van der Waals surface area (Å²) >= 11 is 0. The molecule has 1 aromatic carbocycles. The molecule has 1 aliphatic heterocycles. The second-order valence-electron chi connectivity index (χ2n) is 8.62. The second-order valence-corrected chi connectivity index (χ2v) is 8.62. The van der Waals surface area contributed by atoms with Crippen LogP contribution in [0.15, 0.2) is 24.4 Å². The molecule has 3 amide bonds. The average Bonchev–Trinajstić information content (AvgIpc) is 3.09. The van der Waals surface area contributed by atoms with Crippen molar-refractivity contribution in [2.45, 2.75) is 20.0 Å². The largest absolute Gasteiger partial charge is 0.416 e. The molecule has 0 aliphatic carbocycles. The van der Waals surface area contributed by atoms with E-state index in [0.717, 1.165) is 24.1 Å². The minimum Gasteiger partial charge on any atom is -0.367 e. The fourth-order valence-corrected chi connectivity index (χ4v) is 4.31. The summed E-state index contributed by atoms with van der Waals surface area (Å²) in [4.78, 5) is 34.8. The number of alkyl halides is 3. The molecule has 0 saturated carbocycles. The van der Waals surface area contributed by atoms with Gasteiger partial charge in [0.1, 0.15) is 0 Å². The van der Waals surface area contributed by atoms with Crippen molar-refractivity contribution >= 4 is 52.9 Å². The summed E-state index contributed by atoms with van der Waals surface area (Å²) in [6, 6.07) is 2.59. The topological polar surface area (TPSA) is 86.6 Å². The summed E-state index contributed by atoms with van der Waals surface area (Å²) in [5.74, 6) is 0. The highest BCUT2D eigenvalue weighted by molar-refractivity contribution is 6.16. The van der Waals surface area contributed by atoms with E-state index in [9.17, 15) is 22.8 Å². The number of nitrogens with one attached hydrogen (secondary N) is 1. The van der Waals surface area contributed by atoms with E-state index < -0.39 is 17.8 Å². The average molecular weight is 526 g/mol. The molecule has 3 aromatic rings. The number of amides is 3. The normalized spacial score (nSPS) is 14.5. The highest BCUT2D eigenvalue weighted by Gasteiger charge is 2.33. The van der Waals surface area contributed by atoms with Gasteiger partial charge in [-0.3, -0.25) is 9.48 Å². The van der Waals surface area contributed by atoms with Gasteiger partial charge in [0.2, 0.25) is 6.41 Å². The number of fused-ring (bicyclic) bond motifs is 1. The third-order valence-electron chi connectivity index (χ3n) is 6.18. The fraction of sp³-hybridized carbons (Fsp3) is 0.391. The Morgan fingerprint density at radius 2 is 1.81 bits per heavy atom. The lowest BCUT2D eigenvalue weighted by molar-refractivity contribution is -0.138. The van der Waals surface area contributed by atoms with Crippen molar-refractivity contribution in [2.75, 3.05) is 48.3 Å². The van der Waals surface area contributed by atoms with Crippen molar-refractivity contribution in [3.05, 3.63) is 41.2 Å². The zero-order chi connectivity index (χ0) is 25.5. The fourth-order valence-electron chi connectivity index (χ4n) is 4.31. The number of anilines is 3. The first kappa shape index (κ1) is 27.2. The minimum atomic E-state index is -4.57. The van der Waals surface area contributed by atoms with Crippen LogP contribution >= 0.6 is 12.4 Å². The number of piperazine rings is 1. The quantitative estimate of drug-likeness (QED) is 0.519. The molecule has 1 fully saturated rings. The van der Waals surface area contributed by atoms with Gasteiger partial charge in [0.25, 0.3) is 0 Å². The molecule has 0 unspecified atom stereocenters. The Morgan fingerprint density at radius 3 is 2.42 bits per heavy atom. The number of urea groups is 1. The highest BCUT2D eigenvalue weighted by atomic mass is 35.5. The van der Waals surface area contributed by atoms with Crippen molar-refractivity contribution in [1.82, 2.24) is 19.7 Å². The van der Waals surface area contributed by atoms with Crippen molar-refractivity contribution in [3.63, 3.8) is 0 Å². The predicted molar refractivity (Wildman–Crippen MR) is 134 cm³/mol. The lowest BCUT2D eigenvalue weighted by Crippen LogP contribution is -2.45. The highest BCUT2D eigenvalue weighted by Crippen LogP contribution is 2.38. The van der Waals surface area contributed by atoms with Gasteiger partial charge in [-0.2, -0.15) is 18.3 Å². The number of benzene rings is 1. The van der Waals surface area contributed by atoms with Crippen LogP contribution < -0.4 is 15.1 Å². The Kier molecular flexibility index (Phi) is 7.79. The Hall–Kier alpha value is -3.38. The maximum absolute atomic E-state index is 13.3. The molecule has 0 spiro atoms. The number of likely N-dealkylation sites (N-methyl/N-ethyl adjacent to an activating group) is 1. The van der Waals surface area contributed by atoms with Crippen molar-refractivity contribution in [3.8, 4) is 0 Å². The first-order valence-corrected chi connectivity index (χ1v) is 11.0. The van der Waals surface area contributed by atoms with E-state index in [1.165, 1.54) is 25.3 Å². The number of hydrogen-bond acceptors (Lipinski definition) is 6. The first-order valence-electron chi connectivity index (χ1n) is 11.0. The second kappa shape index (κ2) is 10.3. The van der Waals surface area contributed by atoms with Gasteiger partial charge in [-0.05, 0) is 38.6 Å². The monoisotopic (exact) mass is 525 g/mol. The third kappa shape index (κ3) is 5.09. The van der Waals surface area contributed by atoms with Crippen LogP contribution in [-0.4, -0.2) is 65.3 Å². The number of carbonyl (C=O) groups excluding carboxylic acids is 2. The maximum Gasteiger partial charge on any atom is 0.416 e. The minimum absolute atomic E-state index is 0. The van der Waals surface area contributed by atoms with E-state index in [2.05, 4.69) is 25.2 Å².